The maximum absolute atomic E-state index is 12.4. The number of nitrogens with two attached hydrogens (primary N) is 1. The van der Waals surface area contributed by atoms with Gasteiger partial charge in [0.1, 0.15) is 0 Å². The van der Waals surface area contributed by atoms with Crippen LogP contribution in [0.3, 0.4) is 0 Å². The van der Waals surface area contributed by atoms with Crippen molar-refractivity contribution >= 4 is 5.91 Å². The summed E-state index contributed by atoms with van der Waals surface area (Å²) in [5, 5.41) is 10.0. The van der Waals surface area contributed by atoms with Crippen LogP contribution in [-0.2, 0) is 6.54 Å². The van der Waals surface area contributed by atoms with Gasteiger partial charge >= 0.3 is 0 Å². The Bertz CT molecular complexity index is 430. The Labute approximate surface area is 114 Å². The highest BCUT2D eigenvalue weighted by Crippen LogP contribution is 2.23. The number of aliphatic hydroxyl groups is 1. The molecular formula is C15H22N2O2. The highest BCUT2D eigenvalue weighted by molar-refractivity contribution is 5.94. The Morgan fingerprint density at radius 2 is 1.95 bits per heavy atom. The number of benzene rings is 1. The molecule has 0 heterocycles. The van der Waals surface area contributed by atoms with Crippen molar-refractivity contribution in [3.63, 3.8) is 0 Å². The standard InChI is InChI=1S/C15H22N2O2/c1-17(13-4-2-3-5-14(13)18)15(19)12-8-6-11(10-16)7-9-12/h6-9,13-14,18H,2-5,10,16H2,1H3. The highest BCUT2D eigenvalue weighted by Gasteiger charge is 2.29. The Balaban J connectivity index is 2.08. The summed E-state index contributed by atoms with van der Waals surface area (Å²) >= 11 is 0. The molecule has 4 nitrogen and oxygen atoms in total. The van der Waals surface area contributed by atoms with Crippen LogP contribution in [0, 0.1) is 0 Å². The van der Waals surface area contributed by atoms with Gasteiger partial charge in [0.25, 0.3) is 5.91 Å². The van der Waals surface area contributed by atoms with E-state index in [2.05, 4.69) is 0 Å². The third-order valence-corrected chi connectivity index (χ3v) is 3.95. The number of hydrogen-bond donors (Lipinski definition) is 2. The van der Waals surface area contributed by atoms with Crippen molar-refractivity contribution in [3.05, 3.63) is 35.4 Å². The van der Waals surface area contributed by atoms with Gasteiger partial charge in [-0.2, -0.15) is 0 Å². The molecule has 1 aromatic carbocycles. The van der Waals surface area contributed by atoms with Crippen molar-refractivity contribution < 1.29 is 9.90 Å². The molecule has 0 aromatic heterocycles. The van der Waals surface area contributed by atoms with Crippen molar-refractivity contribution in [1.82, 2.24) is 4.90 Å². The van der Waals surface area contributed by atoms with E-state index in [1.54, 1.807) is 24.1 Å². The summed E-state index contributed by atoms with van der Waals surface area (Å²) in [4.78, 5) is 14.1. The Hall–Kier alpha value is -1.39. The fraction of sp³-hybridized carbons (Fsp3) is 0.533. The molecule has 0 radical (unpaired) electrons. The molecule has 1 aliphatic rings. The average molecular weight is 262 g/mol. The zero-order valence-corrected chi connectivity index (χ0v) is 11.4. The molecule has 104 valence electrons. The SMILES string of the molecule is CN(C(=O)c1ccc(CN)cc1)C1CCCCC1O. The lowest BCUT2D eigenvalue weighted by Gasteiger charge is -2.35. The topological polar surface area (TPSA) is 66.6 Å². The molecular weight excluding hydrogens is 240 g/mol. The third kappa shape index (κ3) is 3.14. The molecule has 1 amide bonds. The Morgan fingerprint density at radius 1 is 1.32 bits per heavy atom. The van der Waals surface area contributed by atoms with E-state index < -0.39 is 6.10 Å². The van der Waals surface area contributed by atoms with Gasteiger partial charge in [0, 0.05) is 19.2 Å². The fourth-order valence-corrected chi connectivity index (χ4v) is 2.68. The van der Waals surface area contributed by atoms with Crippen molar-refractivity contribution in [2.45, 2.75) is 44.4 Å². The normalized spacial score (nSPS) is 23.1. The van der Waals surface area contributed by atoms with Crippen molar-refractivity contribution in [2.75, 3.05) is 7.05 Å². The summed E-state index contributed by atoms with van der Waals surface area (Å²) < 4.78 is 0. The maximum Gasteiger partial charge on any atom is 0.253 e. The second kappa shape index (κ2) is 6.17. The quantitative estimate of drug-likeness (QED) is 0.868. The summed E-state index contributed by atoms with van der Waals surface area (Å²) in [6.45, 7) is 0.478. The van der Waals surface area contributed by atoms with Crippen molar-refractivity contribution in [2.24, 2.45) is 5.73 Å². The molecule has 1 saturated carbocycles. The van der Waals surface area contributed by atoms with Crippen LogP contribution in [0.2, 0.25) is 0 Å². The number of carbonyl (C=O) groups is 1. The van der Waals surface area contributed by atoms with Crippen LogP contribution in [-0.4, -0.2) is 35.1 Å². The van der Waals surface area contributed by atoms with E-state index in [9.17, 15) is 9.90 Å². The lowest BCUT2D eigenvalue weighted by molar-refractivity contribution is 0.0268. The summed E-state index contributed by atoms with van der Waals surface area (Å²) in [5.74, 6) is -0.0329. The zero-order valence-electron chi connectivity index (χ0n) is 11.4. The average Bonchev–Trinajstić information content (AvgIpc) is 2.46. The first-order valence-electron chi connectivity index (χ1n) is 6.87. The number of likely N-dealkylation sites (N-methyl/N-ethyl adjacent to an activating group) is 1. The second-order valence-electron chi connectivity index (χ2n) is 5.24. The molecule has 2 rings (SSSR count). The van der Waals surface area contributed by atoms with Crippen molar-refractivity contribution in [1.29, 1.82) is 0 Å². The summed E-state index contributed by atoms with van der Waals surface area (Å²) in [6.07, 6.45) is 3.39. The molecule has 2 atom stereocenters. The lowest BCUT2D eigenvalue weighted by atomic mass is 9.91. The van der Waals surface area contributed by atoms with Gasteiger partial charge in [-0.15, -0.1) is 0 Å². The van der Waals surface area contributed by atoms with E-state index in [1.165, 1.54) is 0 Å². The van der Waals surface area contributed by atoms with Crippen LogP contribution in [0.4, 0.5) is 0 Å². The largest absolute Gasteiger partial charge is 0.391 e. The molecule has 2 unspecified atom stereocenters. The van der Waals surface area contributed by atoms with Gasteiger partial charge in [-0.05, 0) is 30.5 Å². The first-order valence-corrected chi connectivity index (χ1v) is 6.87. The van der Waals surface area contributed by atoms with Gasteiger partial charge in [-0.25, -0.2) is 0 Å². The van der Waals surface area contributed by atoms with Gasteiger partial charge in [0.05, 0.1) is 12.1 Å². The summed E-state index contributed by atoms with van der Waals surface area (Å²) in [6, 6.07) is 7.29. The van der Waals surface area contributed by atoms with Crippen molar-refractivity contribution in [3.8, 4) is 0 Å². The second-order valence-corrected chi connectivity index (χ2v) is 5.24. The maximum atomic E-state index is 12.4. The Morgan fingerprint density at radius 3 is 2.53 bits per heavy atom. The predicted molar refractivity (Wildman–Crippen MR) is 74.7 cm³/mol. The fourth-order valence-electron chi connectivity index (χ4n) is 2.68. The minimum atomic E-state index is -0.397. The molecule has 0 aliphatic heterocycles. The van der Waals surface area contributed by atoms with Crippen LogP contribution in [0.15, 0.2) is 24.3 Å². The lowest BCUT2D eigenvalue weighted by Crippen LogP contribution is -2.46. The molecule has 19 heavy (non-hydrogen) atoms. The molecule has 4 heteroatoms. The number of nitrogens with zero attached hydrogens (tertiary/aromatic N) is 1. The summed E-state index contributed by atoms with van der Waals surface area (Å²) in [5.41, 5.74) is 7.20. The van der Waals surface area contributed by atoms with E-state index in [0.717, 1.165) is 31.2 Å². The minimum Gasteiger partial charge on any atom is -0.391 e. The first-order chi connectivity index (χ1) is 9.13. The van der Waals surface area contributed by atoms with E-state index in [1.807, 2.05) is 12.1 Å². The van der Waals surface area contributed by atoms with Gasteiger partial charge in [-0.3, -0.25) is 4.79 Å². The molecule has 1 aliphatic carbocycles. The van der Waals surface area contributed by atoms with Crippen LogP contribution in [0.5, 0.6) is 0 Å². The Kier molecular flexibility index (Phi) is 4.56. The molecule has 0 spiro atoms. The summed E-state index contributed by atoms with van der Waals surface area (Å²) in [7, 11) is 1.78. The van der Waals surface area contributed by atoms with Gasteiger partial charge in [0.2, 0.25) is 0 Å². The molecule has 1 aromatic rings. The monoisotopic (exact) mass is 262 g/mol. The van der Waals surface area contributed by atoms with Crippen LogP contribution >= 0.6 is 0 Å². The number of aliphatic hydroxyl groups excluding tert-OH is 1. The highest BCUT2D eigenvalue weighted by atomic mass is 16.3. The predicted octanol–water partition coefficient (Wildman–Crippen LogP) is 1.52. The van der Waals surface area contributed by atoms with Crippen LogP contribution in [0.25, 0.3) is 0 Å². The molecule has 3 N–H and O–H groups in total. The molecule has 0 saturated heterocycles. The third-order valence-electron chi connectivity index (χ3n) is 3.95. The van der Waals surface area contributed by atoms with E-state index in [4.69, 9.17) is 5.73 Å². The number of amides is 1. The van der Waals surface area contributed by atoms with Gasteiger partial charge in [0.15, 0.2) is 0 Å². The number of carbonyl (C=O) groups excluding carboxylic acids is 1. The number of rotatable bonds is 3. The zero-order chi connectivity index (χ0) is 13.8. The van der Waals surface area contributed by atoms with Crippen LogP contribution < -0.4 is 5.73 Å². The van der Waals surface area contributed by atoms with E-state index >= 15 is 0 Å². The first kappa shape index (κ1) is 14.0. The number of hydrogen-bond acceptors (Lipinski definition) is 3. The van der Waals surface area contributed by atoms with E-state index in [-0.39, 0.29) is 11.9 Å². The van der Waals surface area contributed by atoms with Gasteiger partial charge < -0.3 is 15.7 Å². The van der Waals surface area contributed by atoms with Gasteiger partial charge in [-0.1, -0.05) is 25.0 Å². The van der Waals surface area contributed by atoms with E-state index in [0.29, 0.717) is 12.1 Å². The smallest absolute Gasteiger partial charge is 0.253 e. The molecule has 0 bridgehead atoms. The minimum absolute atomic E-state index is 0.0329. The molecule has 1 fully saturated rings. The van der Waals surface area contributed by atoms with Crippen LogP contribution in [0.1, 0.15) is 41.6 Å².